The zero-order valence-electron chi connectivity index (χ0n) is 74.9. The average Bonchev–Trinajstić information content (AvgIpc) is 1.53. The maximum Gasteiger partial charge on any atom is 0.255 e. The highest BCUT2D eigenvalue weighted by Crippen LogP contribution is 2.55. The summed E-state index contributed by atoms with van der Waals surface area (Å²) >= 11 is 0. The molecule has 4 nitrogen and oxygen atoms in total. The highest BCUT2D eigenvalue weighted by Gasteiger charge is 2.44. The monoisotopic (exact) mass is 1720 g/mol. The molecule has 0 saturated heterocycles. The fourth-order valence-corrected chi connectivity index (χ4v) is 21.0. The SMILES string of the molecule is Br.Cc1cc([C@H](C)c2ccccc2)c(-n2c[n+](-c3c([C@H](C)c4ccccc4)cc(C)cc3[C@H](C)c3ccccc3)c3c2-c2c(C)ccc4ccc(C)c-3c24)c([C@H](C)c2ccccc2)c1.Cc1cc([C@H](C)c2ccccc2)c(-n2c[n+](-c3c([C@H](C)c4ccccc4)cc(C)cc3[C@H](C)c3ccccc3)c3c2-c2cccc4cccc-3c24)c([C@H](C)c2ccccc2)c1.Cl. The molecule has 0 radical (unpaired) electrons. The van der Waals surface area contributed by atoms with E-state index in [9.17, 15) is 0 Å². The molecule has 0 aliphatic heterocycles. The normalized spacial score (nSPS) is 13.6. The minimum absolute atomic E-state index is 0. The summed E-state index contributed by atoms with van der Waals surface area (Å²) in [5.41, 5.74) is 44.2. The van der Waals surface area contributed by atoms with Crippen LogP contribution in [-0.2, 0) is 0 Å². The molecule has 2 aliphatic carbocycles. The summed E-state index contributed by atoms with van der Waals surface area (Å²) in [6, 6.07) is 131. The molecular formula is C120H112BrClN4+2. The fraction of sp³-hybridized carbons (Fsp3) is 0.183. The molecule has 18 aromatic rings. The molecule has 0 bridgehead atoms. The number of hydrogen-bond acceptors (Lipinski definition) is 0. The van der Waals surface area contributed by atoms with Gasteiger partial charge >= 0.3 is 0 Å². The molecular weight excluding hydrogens is 1610 g/mol. The van der Waals surface area contributed by atoms with Gasteiger partial charge in [0.25, 0.3) is 12.7 Å². The van der Waals surface area contributed by atoms with Gasteiger partial charge in [-0.3, -0.25) is 0 Å². The molecule has 20 rings (SSSR count). The van der Waals surface area contributed by atoms with E-state index in [0.717, 1.165) is 0 Å². The van der Waals surface area contributed by atoms with E-state index in [0.29, 0.717) is 0 Å². The Morgan fingerprint density at radius 2 is 0.476 bits per heavy atom. The van der Waals surface area contributed by atoms with Crippen molar-refractivity contribution in [3.8, 4) is 67.8 Å². The summed E-state index contributed by atoms with van der Waals surface area (Å²) in [4.78, 5) is 0. The van der Waals surface area contributed by atoms with Crippen LogP contribution in [-0.4, -0.2) is 9.13 Å². The number of benzene rings is 16. The van der Waals surface area contributed by atoms with Gasteiger partial charge in [-0.25, -0.2) is 0 Å². The topological polar surface area (TPSA) is 17.6 Å². The Kier molecular flexibility index (Phi) is 24.2. The highest BCUT2D eigenvalue weighted by atomic mass is 79.9. The summed E-state index contributed by atoms with van der Waals surface area (Å²) in [5, 5.41) is 5.23. The van der Waals surface area contributed by atoms with Gasteiger partial charge in [0.15, 0.2) is 22.8 Å². The first-order valence-electron chi connectivity index (χ1n) is 44.8. The van der Waals surface area contributed by atoms with E-state index in [2.05, 4.69) is 480 Å². The van der Waals surface area contributed by atoms with Crippen molar-refractivity contribution >= 4 is 50.9 Å². The first-order chi connectivity index (χ1) is 60.4. The minimum Gasteiger partial charge on any atom is -0.193 e. The smallest absolute Gasteiger partial charge is 0.193 e. The van der Waals surface area contributed by atoms with Crippen molar-refractivity contribution in [3.63, 3.8) is 0 Å². The maximum absolute atomic E-state index is 2.63. The fourth-order valence-electron chi connectivity index (χ4n) is 21.0. The van der Waals surface area contributed by atoms with E-state index >= 15 is 0 Å². The van der Waals surface area contributed by atoms with E-state index < -0.39 is 0 Å². The van der Waals surface area contributed by atoms with Gasteiger partial charge in [0.1, 0.15) is 22.7 Å². The molecule has 0 amide bonds. The molecule has 8 atom stereocenters. The van der Waals surface area contributed by atoms with Crippen LogP contribution in [0.25, 0.3) is 89.3 Å². The molecule has 0 unspecified atom stereocenters. The van der Waals surface area contributed by atoms with Crippen LogP contribution in [0.3, 0.4) is 0 Å². The predicted molar refractivity (Wildman–Crippen MR) is 536 cm³/mol. The number of nitrogens with zero attached hydrogens (tertiary/aromatic N) is 4. The molecule has 2 heterocycles. The van der Waals surface area contributed by atoms with Crippen molar-refractivity contribution in [2.24, 2.45) is 0 Å². The zero-order valence-corrected chi connectivity index (χ0v) is 77.4. The lowest BCUT2D eigenvalue weighted by Crippen LogP contribution is -2.35. The number of halogens is 2. The first kappa shape index (κ1) is 85.4. The zero-order chi connectivity index (χ0) is 85.3. The molecule has 2 aliphatic rings. The molecule has 0 saturated carbocycles. The number of hydrogen-bond donors (Lipinski definition) is 0. The van der Waals surface area contributed by atoms with Crippen LogP contribution >= 0.6 is 29.4 Å². The van der Waals surface area contributed by atoms with Crippen LogP contribution in [0, 0.1) is 41.5 Å². The van der Waals surface area contributed by atoms with E-state index in [1.165, 1.54) is 212 Å². The third-order valence-electron chi connectivity index (χ3n) is 27.7. The Balaban J connectivity index is 0.000000175. The second-order valence-corrected chi connectivity index (χ2v) is 35.7. The Morgan fingerprint density at radius 1 is 0.230 bits per heavy atom. The third kappa shape index (κ3) is 15.3. The second-order valence-electron chi connectivity index (χ2n) is 35.7. The average molecular weight is 1730 g/mol. The summed E-state index contributed by atoms with van der Waals surface area (Å²) in [6.45, 7) is 32.8. The van der Waals surface area contributed by atoms with Crippen molar-refractivity contribution in [2.75, 3.05) is 0 Å². The Morgan fingerprint density at radius 3 is 0.778 bits per heavy atom. The number of imidazole rings is 2. The number of aromatic nitrogens is 4. The Bertz CT molecular complexity index is 6360. The predicted octanol–water partition coefficient (Wildman–Crippen LogP) is 31.2. The highest BCUT2D eigenvalue weighted by molar-refractivity contribution is 8.93. The van der Waals surface area contributed by atoms with E-state index in [4.69, 9.17) is 0 Å². The lowest BCUT2D eigenvalue weighted by atomic mass is 9.83. The van der Waals surface area contributed by atoms with Crippen LogP contribution in [0.15, 0.2) is 365 Å². The third-order valence-corrected chi connectivity index (χ3v) is 27.7. The lowest BCUT2D eigenvalue weighted by Gasteiger charge is -2.24. The van der Waals surface area contributed by atoms with Gasteiger partial charge in [-0.1, -0.05) is 417 Å². The van der Waals surface area contributed by atoms with Crippen LogP contribution < -0.4 is 9.13 Å². The summed E-state index contributed by atoms with van der Waals surface area (Å²) < 4.78 is 10.5. The van der Waals surface area contributed by atoms with Gasteiger partial charge in [-0.05, 0) is 120 Å². The summed E-state index contributed by atoms with van der Waals surface area (Å²) in [7, 11) is 0. The lowest BCUT2D eigenvalue weighted by molar-refractivity contribution is -0.584. The number of fused-ring (bicyclic) bond motifs is 6. The summed E-state index contributed by atoms with van der Waals surface area (Å²) in [5.74, 6) is 1.13. The van der Waals surface area contributed by atoms with Crippen molar-refractivity contribution in [2.45, 2.75) is 144 Å². The van der Waals surface area contributed by atoms with Crippen molar-refractivity contribution < 1.29 is 9.13 Å². The van der Waals surface area contributed by atoms with Gasteiger partial charge in [-0.15, -0.1) is 29.4 Å². The van der Waals surface area contributed by atoms with Gasteiger partial charge in [-0.2, -0.15) is 18.3 Å². The van der Waals surface area contributed by atoms with Crippen molar-refractivity contribution in [1.29, 1.82) is 0 Å². The molecule has 0 N–H and O–H groups in total. The van der Waals surface area contributed by atoms with E-state index in [1.54, 1.807) is 0 Å². The molecule has 0 fully saturated rings. The molecule has 2 aromatic heterocycles. The summed E-state index contributed by atoms with van der Waals surface area (Å²) in [6.07, 6.45) is 4.94. The Labute approximate surface area is 762 Å². The molecule has 16 aromatic carbocycles. The molecule has 6 heteroatoms. The van der Waals surface area contributed by atoms with Gasteiger partial charge in [0.2, 0.25) is 0 Å². The molecule has 624 valence electrons. The quantitative estimate of drug-likeness (QED) is 0.0677. The number of rotatable bonds is 20. The van der Waals surface area contributed by atoms with Gasteiger partial charge in [0.05, 0.1) is 0 Å². The van der Waals surface area contributed by atoms with Gasteiger partial charge < -0.3 is 0 Å². The van der Waals surface area contributed by atoms with Crippen LogP contribution in [0.1, 0.15) is 225 Å². The second kappa shape index (κ2) is 35.7. The minimum atomic E-state index is 0. The Hall–Kier alpha value is -12.8. The number of aryl methyl sites for hydroxylation is 6. The van der Waals surface area contributed by atoms with Crippen molar-refractivity contribution in [1.82, 2.24) is 9.13 Å². The van der Waals surface area contributed by atoms with Crippen molar-refractivity contribution in [3.05, 3.63) is 487 Å². The van der Waals surface area contributed by atoms with E-state index in [1.807, 2.05) is 0 Å². The molecule has 0 spiro atoms. The first-order valence-corrected chi connectivity index (χ1v) is 44.8. The van der Waals surface area contributed by atoms with E-state index in [-0.39, 0.29) is 76.7 Å². The van der Waals surface area contributed by atoms with Gasteiger partial charge in [0, 0.05) is 125 Å². The van der Waals surface area contributed by atoms with Crippen LogP contribution in [0.4, 0.5) is 0 Å². The van der Waals surface area contributed by atoms with Crippen LogP contribution in [0.5, 0.6) is 0 Å². The largest absolute Gasteiger partial charge is 0.255 e. The molecule has 126 heavy (non-hydrogen) atoms. The van der Waals surface area contributed by atoms with Crippen LogP contribution in [0.2, 0.25) is 0 Å². The standard InChI is InChI=1S/C61H57N2.C59H53N2.BrH.ClH/c1-38-33-51(42(5)46-21-13-9-14-22-46)58(52(34-38)43(6)47-23-15-10-16-24-47)62-37-63(61-56-41(4)30-32-50-31-29-40(3)55(57(50)56)60(61)62)59-53(44(7)48-25-17-11-18-26-48)35-39(2)36-54(59)45(8)49-27-19-12-20-28-49;1-38-33-51(40(3)44-21-11-7-12-22-44)56(52(34-38)41(4)45-23-13-8-14-24-45)60-37-61(59-50-32-20-30-48-29-19-31-49(55(48)50)58(59)60)57-53(42(5)46-25-15-9-16-26-46)35-39(2)36-54(57)43(6)47-27-17-10-18-28-47;;/h9-37,42-45H,1-8H3;7-37,40-43H,1-6H3;2*1H/q2*+1;;/t42-,43-,44-,45-;40-,41-,42-,43-;;/m11../s1. The maximum atomic E-state index is 2.63.